The number of benzene rings is 2. The van der Waals surface area contributed by atoms with Crippen LogP contribution in [-0.2, 0) is 9.84 Å². The first-order valence-corrected chi connectivity index (χ1v) is 8.52. The molecule has 0 bridgehead atoms. The fraction of sp³-hybridized carbons (Fsp3) is 0.200. The number of sulfone groups is 1. The Hall–Kier alpha value is -1.43. The minimum absolute atomic E-state index is 0.203. The Bertz CT molecular complexity index is 762. The summed E-state index contributed by atoms with van der Waals surface area (Å²) in [5.74, 6) is -0.438. The van der Waals surface area contributed by atoms with Crippen molar-refractivity contribution < 1.29 is 12.8 Å². The second kappa shape index (κ2) is 6.13. The summed E-state index contributed by atoms with van der Waals surface area (Å²) in [6.07, 6.45) is 1.14. The maximum atomic E-state index is 14.1. The van der Waals surface area contributed by atoms with Gasteiger partial charge >= 0.3 is 0 Å². The molecule has 6 heteroatoms. The van der Waals surface area contributed by atoms with Crippen LogP contribution in [0.2, 0.25) is 5.02 Å². The molecule has 0 amide bonds. The van der Waals surface area contributed by atoms with Crippen LogP contribution in [0.1, 0.15) is 17.2 Å². The largest absolute Gasteiger partial charge is 0.309 e. The van der Waals surface area contributed by atoms with E-state index in [4.69, 9.17) is 11.6 Å². The van der Waals surface area contributed by atoms with Crippen molar-refractivity contribution in [1.29, 1.82) is 0 Å². The molecule has 1 atom stereocenters. The summed E-state index contributed by atoms with van der Waals surface area (Å²) in [4.78, 5) is 0.203. The van der Waals surface area contributed by atoms with Gasteiger partial charge in [-0.25, -0.2) is 12.8 Å². The van der Waals surface area contributed by atoms with Crippen molar-refractivity contribution in [2.75, 3.05) is 13.3 Å². The molecular formula is C15H15ClFNO2S. The van der Waals surface area contributed by atoms with Crippen LogP contribution in [0.25, 0.3) is 0 Å². The van der Waals surface area contributed by atoms with Crippen molar-refractivity contribution in [3.8, 4) is 0 Å². The van der Waals surface area contributed by atoms with Gasteiger partial charge in [-0.2, -0.15) is 0 Å². The average Bonchev–Trinajstić information content (AvgIpc) is 2.41. The zero-order valence-corrected chi connectivity index (χ0v) is 13.2. The third-order valence-corrected chi connectivity index (χ3v) is 4.53. The first kappa shape index (κ1) is 15.9. The van der Waals surface area contributed by atoms with E-state index in [1.807, 2.05) is 0 Å². The Morgan fingerprint density at radius 2 is 1.90 bits per heavy atom. The lowest BCUT2D eigenvalue weighted by Crippen LogP contribution is -2.19. The van der Waals surface area contributed by atoms with Gasteiger partial charge in [-0.1, -0.05) is 29.8 Å². The maximum Gasteiger partial charge on any atom is 0.175 e. The van der Waals surface area contributed by atoms with Crippen molar-refractivity contribution in [2.24, 2.45) is 0 Å². The molecule has 0 fully saturated rings. The molecule has 0 saturated heterocycles. The number of hydrogen-bond acceptors (Lipinski definition) is 3. The van der Waals surface area contributed by atoms with Crippen molar-refractivity contribution in [1.82, 2.24) is 5.32 Å². The Morgan fingerprint density at radius 1 is 1.19 bits per heavy atom. The van der Waals surface area contributed by atoms with E-state index in [1.165, 1.54) is 12.1 Å². The molecule has 0 aromatic heterocycles. The van der Waals surface area contributed by atoms with Gasteiger partial charge in [0.05, 0.1) is 10.9 Å². The minimum atomic E-state index is -3.31. The van der Waals surface area contributed by atoms with Crippen LogP contribution in [0, 0.1) is 5.82 Å². The number of halogens is 2. The number of nitrogens with one attached hydrogen (secondary N) is 1. The molecular weight excluding hydrogens is 313 g/mol. The van der Waals surface area contributed by atoms with E-state index in [2.05, 4.69) is 5.32 Å². The monoisotopic (exact) mass is 327 g/mol. The first-order chi connectivity index (χ1) is 9.82. The Balaban J connectivity index is 2.51. The summed E-state index contributed by atoms with van der Waals surface area (Å²) >= 11 is 5.76. The summed E-state index contributed by atoms with van der Waals surface area (Å²) < 4.78 is 37.3. The maximum absolute atomic E-state index is 14.1. The van der Waals surface area contributed by atoms with Crippen LogP contribution in [0.4, 0.5) is 4.39 Å². The smallest absolute Gasteiger partial charge is 0.175 e. The van der Waals surface area contributed by atoms with E-state index in [1.54, 1.807) is 37.4 Å². The number of hydrogen-bond donors (Lipinski definition) is 1. The molecule has 0 radical (unpaired) electrons. The van der Waals surface area contributed by atoms with Crippen LogP contribution >= 0.6 is 11.6 Å². The van der Waals surface area contributed by atoms with Gasteiger partial charge in [0.2, 0.25) is 0 Å². The molecule has 0 aliphatic heterocycles. The van der Waals surface area contributed by atoms with Crippen LogP contribution < -0.4 is 5.32 Å². The lowest BCUT2D eigenvalue weighted by molar-refractivity contribution is 0.575. The molecule has 1 N–H and O–H groups in total. The van der Waals surface area contributed by atoms with Gasteiger partial charge in [-0.05, 0) is 36.9 Å². The predicted molar refractivity (Wildman–Crippen MR) is 81.9 cm³/mol. The fourth-order valence-corrected chi connectivity index (χ4v) is 3.00. The molecule has 0 aliphatic carbocycles. The minimum Gasteiger partial charge on any atom is -0.309 e. The van der Waals surface area contributed by atoms with E-state index in [0.717, 1.165) is 6.26 Å². The van der Waals surface area contributed by atoms with Gasteiger partial charge in [-0.15, -0.1) is 0 Å². The van der Waals surface area contributed by atoms with Crippen LogP contribution in [0.3, 0.4) is 0 Å². The van der Waals surface area contributed by atoms with Crippen LogP contribution in [-0.4, -0.2) is 21.7 Å². The Kier molecular flexibility index (Phi) is 4.66. The normalized spacial score (nSPS) is 13.1. The van der Waals surface area contributed by atoms with Crippen molar-refractivity contribution in [2.45, 2.75) is 10.9 Å². The van der Waals surface area contributed by atoms with E-state index in [9.17, 15) is 12.8 Å². The first-order valence-electron chi connectivity index (χ1n) is 6.25. The third kappa shape index (κ3) is 3.61. The Morgan fingerprint density at radius 3 is 2.48 bits per heavy atom. The SMILES string of the molecule is CNC(c1cccc(S(C)(=O)=O)c1)c1ccc(Cl)cc1F. The highest BCUT2D eigenvalue weighted by Gasteiger charge is 2.18. The van der Waals surface area contributed by atoms with Gasteiger partial charge in [0.25, 0.3) is 0 Å². The summed E-state index contributed by atoms with van der Waals surface area (Å²) in [6, 6.07) is 10.4. The summed E-state index contributed by atoms with van der Waals surface area (Å²) in [5.41, 5.74) is 1.08. The zero-order valence-electron chi connectivity index (χ0n) is 11.6. The van der Waals surface area contributed by atoms with Gasteiger partial charge in [0, 0.05) is 16.8 Å². The van der Waals surface area contributed by atoms with Crippen molar-refractivity contribution in [3.63, 3.8) is 0 Å². The van der Waals surface area contributed by atoms with Gasteiger partial charge in [0.1, 0.15) is 5.82 Å². The predicted octanol–water partition coefficient (Wildman–Crippen LogP) is 3.19. The number of rotatable bonds is 4. The van der Waals surface area contributed by atoms with E-state index in [-0.39, 0.29) is 4.90 Å². The molecule has 21 heavy (non-hydrogen) atoms. The standard InChI is InChI=1S/C15H15ClFNO2S/c1-18-15(13-7-6-11(16)9-14(13)17)10-4-3-5-12(8-10)21(2,19)20/h3-9,15,18H,1-2H3. The molecule has 2 aromatic carbocycles. The highest BCUT2D eigenvalue weighted by atomic mass is 35.5. The summed E-state index contributed by atoms with van der Waals surface area (Å²) in [5, 5.41) is 3.31. The quantitative estimate of drug-likeness (QED) is 0.938. The lowest BCUT2D eigenvalue weighted by Gasteiger charge is -2.18. The van der Waals surface area contributed by atoms with E-state index < -0.39 is 21.7 Å². The molecule has 112 valence electrons. The van der Waals surface area contributed by atoms with Crippen LogP contribution in [0.5, 0.6) is 0 Å². The molecule has 2 aromatic rings. The topological polar surface area (TPSA) is 46.2 Å². The highest BCUT2D eigenvalue weighted by Crippen LogP contribution is 2.27. The molecule has 1 unspecified atom stereocenters. The zero-order chi connectivity index (χ0) is 15.6. The fourth-order valence-electron chi connectivity index (χ4n) is 2.16. The van der Waals surface area contributed by atoms with Crippen molar-refractivity contribution >= 4 is 21.4 Å². The molecule has 2 rings (SSSR count). The molecule has 0 spiro atoms. The van der Waals surface area contributed by atoms with E-state index >= 15 is 0 Å². The second-order valence-electron chi connectivity index (χ2n) is 4.73. The second-order valence-corrected chi connectivity index (χ2v) is 7.18. The van der Waals surface area contributed by atoms with Gasteiger partial charge in [0.15, 0.2) is 9.84 Å². The van der Waals surface area contributed by atoms with Gasteiger partial charge < -0.3 is 5.32 Å². The van der Waals surface area contributed by atoms with E-state index in [0.29, 0.717) is 16.1 Å². The molecule has 3 nitrogen and oxygen atoms in total. The van der Waals surface area contributed by atoms with Crippen molar-refractivity contribution in [3.05, 3.63) is 64.4 Å². The molecule has 0 aliphatic rings. The molecule has 0 saturated carbocycles. The van der Waals surface area contributed by atoms with Gasteiger partial charge in [-0.3, -0.25) is 0 Å². The van der Waals surface area contributed by atoms with Crippen LogP contribution in [0.15, 0.2) is 47.4 Å². The highest BCUT2D eigenvalue weighted by molar-refractivity contribution is 7.90. The molecule has 0 heterocycles. The Labute approximate surface area is 128 Å². The third-order valence-electron chi connectivity index (χ3n) is 3.18. The average molecular weight is 328 g/mol. The summed E-state index contributed by atoms with van der Waals surface area (Å²) in [6.45, 7) is 0. The lowest BCUT2D eigenvalue weighted by atomic mass is 9.98. The summed E-state index contributed by atoms with van der Waals surface area (Å²) in [7, 11) is -1.62.